The maximum atomic E-state index is 9.74. The molecule has 6 heteroatoms. The summed E-state index contributed by atoms with van der Waals surface area (Å²) < 4.78 is 0.912. The number of hydrogen-bond acceptors (Lipinski definition) is 5. The monoisotopic (exact) mass is 312 g/mol. The number of rotatable bonds is 4. The number of aromatic nitrogens is 2. The van der Waals surface area contributed by atoms with Crippen LogP contribution in [0.2, 0.25) is 5.21 Å². The number of anilines is 1. The molecule has 0 aliphatic carbocycles. The van der Waals surface area contributed by atoms with E-state index in [9.17, 15) is 5.11 Å². The zero-order valence-electron chi connectivity index (χ0n) is 10.9. The molecule has 2 rings (SSSR count). The molecule has 0 saturated carbocycles. The van der Waals surface area contributed by atoms with Crippen molar-refractivity contribution < 1.29 is 5.11 Å². The Hall–Kier alpha value is -0.642. The molecule has 0 radical (unpaired) electrons. The molecule has 100 valence electrons. The molecule has 2 atom stereocenters. The summed E-state index contributed by atoms with van der Waals surface area (Å²) in [6, 6.07) is 2.20. The standard InChI is InChI=1S/C12H21AsN4O/c1-12(2,18)8-13-11-15-5-3-10(16-11)17-6-4-9(14)7-17/h3,5,9,13,18H,4,6-8,14H2,1-2H3. The molecule has 0 aromatic carbocycles. The quantitative estimate of drug-likeness (QED) is 0.717. The van der Waals surface area contributed by atoms with Crippen LogP contribution in [0.5, 0.6) is 0 Å². The van der Waals surface area contributed by atoms with E-state index in [1.807, 2.05) is 26.1 Å². The first-order chi connectivity index (χ1) is 8.44. The Kier molecular flexibility index (Phi) is 4.25. The van der Waals surface area contributed by atoms with Gasteiger partial charge in [0.05, 0.1) is 0 Å². The number of hydrogen-bond donors (Lipinski definition) is 2. The van der Waals surface area contributed by atoms with E-state index in [1.165, 1.54) is 0 Å². The molecule has 18 heavy (non-hydrogen) atoms. The van der Waals surface area contributed by atoms with Gasteiger partial charge in [-0.1, -0.05) is 0 Å². The minimum absolute atomic E-state index is 0.260. The van der Waals surface area contributed by atoms with Crippen LogP contribution in [0.3, 0.4) is 0 Å². The summed E-state index contributed by atoms with van der Waals surface area (Å²) in [7, 11) is 0. The molecule has 5 nitrogen and oxygen atoms in total. The maximum absolute atomic E-state index is 9.74. The first kappa shape index (κ1) is 13.8. The molecule has 1 aliphatic rings. The topological polar surface area (TPSA) is 75.3 Å². The molecule has 3 N–H and O–H groups in total. The number of aliphatic hydroxyl groups is 1. The first-order valence-electron chi connectivity index (χ1n) is 6.24. The molecule has 1 saturated heterocycles. The Bertz CT molecular complexity index is 407. The second kappa shape index (κ2) is 5.55. The van der Waals surface area contributed by atoms with Crippen LogP contribution in [0.1, 0.15) is 20.3 Å². The van der Waals surface area contributed by atoms with Crippen LogP contribution in [0.15, 0.2) is 12.3 Å². The van der Waals surface area contributed by atoms with E-state index in [0.29, 0.717) is 0 Å². The SMILES string of the molecule is CC(C)(O)C[AsH]c1nccc(N2CCC(N)C2)n1. The van der Waals surface area contributed by atoms with Gasteiger partial charge in [-0.2, -0.15) is 0 Å². The van der Waals surface area contributed by atoms with Gasteiger partial charge in [0.25, 0.3) is 0 Å². The van der Waals surface area contributed by atoms with Gasteiger partial charge in [-0.05, 0) is 0 Å². The van der Waals surface area contributed by atoms with Crippen molar-refractivity contribution in [2.24, 2.45) is 5.73 Å². The van der Waals surface area contributed by atoms with Crippen LogP contribution < -0.4 is 15.2 Å². The van der Waals surface area contributed by atoms with Crippen molar-refractivity contribution in [3.63, 3.8) is 0 Å². The second-order valence-corrected chi connectivity index (χ2v) is 7.82. The summed E-state index contributed by atoms with van der Waals surface area (Å²) >= 11 is -0.477. The van der Waals surface area contributed by atoms with Gasteiger partial charge in [0, 0.05) is 0 Å². The van der Waals surface area contributed by atoms with Crippen LogP contribution in [0.25, 0.3) is 0 Å². The summed E-state index contributed by atoms with van der Waals surface area (Å²) in [6.45, 7) is 5.52. The summed E-state index contributed by atoms with van der Waals surface area (Å²) in [6.07, 6.45) is 2.84. The van der Waals surface area contributed by atoms with Crippen LogP contribution >= 0.6 is 0 Å². The molecule has 0 amide bonds. The van der Waals surface area contributed by atoms with Gasteiger partial charge in [-0.25, -0.2) is 0 Å². The third kappa shape index (κ3) is 3.94. The van der Waals surface area contributed by atoms with Crippen LogP contribution in [-0.4, -0.2) is 55.6 Å². The predicted molar refractivity (Wildman–Crippen MR) is 74.7 cm³/mol. The normalized spacial score (nSPS) is 21.1. The van der Waals surface area contributed by atoms with Gasteiger partial charge in [-0.15, -0.1) is 0 Å². The van der Waals surface area contributed by atoms with E-state index in [0.717, 1.165) is 35.1 Å². The zero-order chi connectivity index (χ0) is 13.2. The van der Waals surface area contributed by atoms with Crippen molar-refractivity contribution >= 4 is 26.2 Å². The zero-order valence-corrected chi connectivity index (χ0v) is 13.0. The van der Waals surface area contributed by atoms with Gasteiger partial charge in [0.1, 0.15) is 0 Å². The minimum atomic E-state index is -0.616. The average Bonchev–Trinajstić information content (AvgIpc) is 2.73. The van der Waals surface area contributed by atoms with E-state index in [1.54, 1.807) is 0 Å². The molecule has 1 fully saturated rings. The number of nitrogens with zero attached hydrogens (tertiary/aromatic N) is 3. The molecule has 0 spiro atoms. The second-order valence-electron chi connectivity index (χ2n) is 5.40. The molecule has 2 unspecified atom stereocenters. The molecule has 0 bridgehead atoms. The Morgan fingerprint density at radius 3 is 3.00 bits per heavy atom. The molecule has 2 heterocycles. The summed E-state index contributed by atoms with van der Waals surface area (Å²) in [5, 5.41) is 10.5. The molecule has 1 aliphatic heterocycles. The van der Waals surface area contributed by atoms with Crippen molar-refractivity contribution in [2.75, 3.05) is 18.0 Å². The van der Waals surface area contributed by atoms with Gasteiger partial charge in [0.15, 0.2) is 0 Å². The van der Waals surface area contributed by atoms with Crippen LogP contribution in [0.4, 0.5) is 5.82 Å². The van der Waals surface area contributed by atoms with Gasteiger partial charge in [0.2, 0.25) is 0 Å². The summed E-state index contributed by atoms with van der Waals surface area (Å²) in [5.74, 6) is 0.979. The first-order valence-corrected chi connectivity index (χ1v) is 8.77. The van der Waals surface area contributed by atoms with Gasteiger partial charge in [-0.3, -0.25) is 0 Å². The van der Waals surface area contributed by atoms with E-state index >= 15 is 0 Å². The van der Waals surface area contributed by atoms with E-state index in [2.05, 4.69) is 14.9 Å². The third-order valence-electron chi connectivity index (χ3n) is 2.87. The molecule has 1 aromatic rings. The van der Waals surface area contributed by atoms with Crippen molar-refractivity contribution in [2.45, 2.75) is 37.1 Å². The third-order valence-corrected chi connectivity index (χ3v) is 6.22. The fourth-order valence-corrected chi connectivity index (χ4v) is 3.89. The van der Waals surface area contributed by atoms with Gasteiger partial charge >= 0.3 is 114 Å². The molecule has 1 aromatic heterocycles. The molecular formula is C12H21AsN4O. The van der Waals surface area contributed by atoms with Crippen molar-refractivity contribution in [3.05, 3.63) is 12.3 Å². The fraction of sp³-hybridized carbons (Fsp3) is 0.667. The van der Waals surface area contributed by atoms with Gasteiger partial charge < -0.3 is 0 Å². The predicted octanol–water partition coefficient (Wildman–Crippen LogP) is -0.735. The number of nitrogens with two attached hydrogens (primary N) is 1. The summed E-state index contributed by atoms with van der Waals surface area (Å²) in [5.41, 5.74) is 5.29. The van der Waals surface area contributed by atoms with E-state index in [4.69, 9.17) is 5.73 Å². The van der Waals surface area contributed by atoms with Crippen molar-refractivity contribution in [1.82, 2.24) is 9.97 Å². The Morgan fingerprint density at radius 2 is 2.39 bits per heavy atom. The summed E-state index contributed by atoms with van der Waals surface area (Å²) in [4.78, 5) is 11.1. The van der Waals surface area contributed by atoms with Crippen molar-refractivity contribution in [3.8, 4) is 0 Å². The Morgan fingerprint density at radius 1 is 1.61 bits per heavy atom. The Balaban J connectivity index is 2.01. The fourth-order valence-electron chi connectivity index (χ4n) is 1.90. The average molecular weight is 312 g/mol. The van der Waals surface area contributed by atoms with Crippen LogP contribution in [-0.2, 0) is 0 Å². The molecular weight excluding hydrogens is 291 g/mol. The van der Waals surface area contributed by atoms with E-state index in [-0.39, 0.29) is 6.04 Å². The van der Waals surface area contributed by atoms with E-state index < -0.39 is 21.4 Å². The van der Waals surface area contributed by atoms with Crippen molar-refractivity contribution in [1.29, 1.82) is 0 Å². The Labute approximate surface area is 114 Å². The van der Waals surface area contributed by atoms with Crippen LogP contribution in [0, 0.1) is 0 Å².